The van der Waals surface area contributed by atoms with E-state index >= 15 is 0 Å². The van der Waals surface area contributed by atoms with E-state index in [9.17, 15) is 18.3 Å². The van der Waals surface area contributed by atoms with Crippen molar-refractivity contribution in [1.82, 2.24) is 14.7 Å². The fraction of sp³-hybridized carbons (Fsp3) is 0.444. The lowest BCUT2D eigenvalue weighted by Crippen LogP contribution is -2.42. The van der Waals surface area contributed by atoms with E-state index in [0.29, 0.717) is 12.0 Å². The fourth-order valence-corrected chi connectivity index (χ4v) is 5.08. The van der Waals surface area contributed by atoms with E-state index in [1.807, 2.05) is 20.0 Å². The largest absolute Gasteiger partial charge is 0.395 e. The summed E-state index contributed by atoms with van der Waals surface area (Å²) in [5, 5.41) is 13.6. The van der Waals surface area contributed by atoms with Gasteiger partial charge in [0.15, 0.2) is 9.84 Å². The molecule has 0 aliphatic carbocycles. The number of rotatable bonds is 5. The second-order valence-electron chi connectivity index (χ2n) is 6.63. The average molecular weight is 377 g/mol. The second-order valence-corrected chi connectivity index (χ2v) is 8.86. The number of carbonyl (C=O) groups is 1. The van der Waals surface area contributed by atoms with E-state index in [1.54, 1.807) is 29.1 Å². The topological polar surface area (TPSA) is 92.5 Å². The van der Waals surface area contributed by atoms with Crippen LogP contribution in [0, 0.1) is 6.92 Å². The minimum absolute atomic E-state index is 0.0415. The van der Waals surface area contributed by atoms with Gasteiger partial charge in [0.05, 0.1) is 24.3 Å². The Labute approximate surface area is 153 Å². The number of aliphatic hydroxyl groups is 1. The SMILES string of the molecule is Cc1c(-c2cccc(C(=O)N(CCO)[C@H]3CCS(=O)(=O)C3)c2)cnn1C. The lowest BCUT2D eigenvalue weighted by molar-refractivity contribution is 0.0655. The zero-order chi connectivity index (χ0) is 18.9. The summed E-state index contributed by atoms with van der Waals surface area (Å²) in [6.45, 7) is 1.87. The molecule has 1 aliphatic rings. The maximum Gasteiger partial charge on any atom is 0.254 e. The van der Waals surface area contributed by atoms with E-state index < -0.39 is 9.84 Å². The molecular weight excluding hydrogens is 354 g/mol. The van der Waals surface area contributed by atoms with Crippen LogP contribution in [0.25, 0.3) is 11.1 Å². The van der Waals surface area contributed by atoms with Crippen LogP contribution in [0.15, 0.2) is 30.5 Å². The van der Waals surface area contributed by atoms with Crippen molar-refractivity contribution in [2.45, 2.75) is 19.4 Å². The number of aryl methyl sites for hydroxylation is 1. The van der Waals surface area contributed by atoms with E-state index in [0.717, 1.165) is 16.8 Å². The van der Waals surface area contributed by atoms with Crippen molar-refractivity contribution in [2.75, 3.05) is 24.7 Å². The minimum Gasteiger partial charge on any atom is -0.395 e. The second kappa shape index (κ2) is 7.20. The van der Waals surface area contributed by atoms with E-state index in [4.69, 9.17) is 0 Å². The molecule has 1 amide bonds. The van der Waals surface area contributed by atoms with Crippen molar-refractivity contribution >= 4 is 15.7 Å². The Kier molecular flexibility index (Phi) is 5.15. The highest BCUT2D eigenvalue weighted by Gasteiger charge is 2.34. The molecule has 1 atom stereocenters. The molecule has 1 saturated heterocycles. The fourth-order valence-electron chi connectivity index (χ4n) is 3.35. The molecule has 0 unspecified atom stereocenters. The molecule has 1 N–H and O–H groups in total. The lowest BCUT2D eigenvalue weighted by atomic mass is 10.0. The molecule has 1 fully saturated rings. The number of nitrogens with zero attached hydrogens (tertiary/aromatic N) is 3. The third kappa shape index (κ3) is 3.66. The number of carbonyl (C=O) groups excluding carboxylic acids is 1. The maximum atomic E-state index is 13.0. The van der Waals surface area contributed by atoms with Crippen molar-refractivity contribution in [3.05, 3.63) is 41.7 Å². The summed E-state index contributed by atoms with van der Waals surface area (Å²) in [5.74, 6) is -0.216. The summed E-state index contributed by atoms with van der Waals surface area (Å²) < 4.78 is 25.3. The standard InChI is InChI=1S/C18H23N3O4S/c1-13-17(11-19-20(13)2)14-4-3-5-15(10-14)18(23)21(7-8-22)16-6-9-26(24,25)12-16/h3-5,10-11,16,22H,6-9,12H2,1-2H3/t16-/m0/s1. The van der Waals surface area contributed by atoms with E-state index in [2.05, 4.69) is 5.10 Å². The summed E-state index contributed by atoms with van der Waals surface area (Å²) in [7, 11) is -1.26. The van der Waals surface area contributed by atoms with Crippen molar-refractivity contribution in [2.24, 2.45) is 7.05 Å². The molecule has 8 heteroatoms. The smallest absolute Gasteiger partial charge is 0.254 e. The molecule has 0 saturated carbocycles. The highest BCUT2D eigenvalue weighted by atomic mass is 32.2. The number of aliphatic hydroxyl groups excluding tert-OH is 1. The van der Waals surface area contributed by atoms with E-state index in [-0.39, 0.29) is 36.6 Å². The number of hydrogen-bond donors (Lipinski definition) is 1. The van der Waals surface area contributed by atoms with Crippen molar-refractivity contribution in [3.63, 3.8) is 0 Å². The van der Waals surface area contributed by atoms with Gasteiger partial charge in [0, 0.05) is 36.5 Å². The number of sulfone groups is 1. The first kappa shape index (κ1) is 18.6. The Bertz CT molecular complexity index is 920. The summed E-state index contributed by atoms with van der Waals surface area (Å²) in [6.07, 6.45) is 2.17. The third-order valence-electron chi connectivity index (χ3n) is 4.91. The minimum atomic E-state index is -3.12. The third-order valence-corrected chi connectivity index (χ3v) is 6.66. The molecule has 0 bridgehead atoms. The Morgan fingerprint density at radius 1 is 1.42 bits per heavy atom. The monoisotopic (exact) mass is 377 g/mol. The normalized spacial score (nSPS) is 18.8. The van der Waals surface area contributed by atoms with Gasteiger partial charge < -0.3 is 10.0 Å². The molecular formula is C18H23N3O4S. The quantitative estimate of drug-likeness (QED) is 0.840. The number of amides is 1. The van der Waals surface area contributed by atoms with Gasteiger partial charge in [0.25, 0.3) is 5.91 Å². The van der Waals surface area contributed by atoms with Gasteiger partial charge in [-0.05, 0) is 31.0 Å². The Hall–Kier alpha value is -2.19. The summed E-state index contributed by atoms with van der Waals surface area (Å²) in [4.78, 5) is 14.5. The Morgan fingerprint density at radius 2 is 2.19 bits per heavy atom. The first-order valence-corrected chi connectivity index (χ1v) is 10.4. The molecule has 1 aliphatic heterocycles. The van der Waals surface area contributed by atoms with Gasteiger partial charge in [-0.3, -0.25) is 9.48 Å². The van der Waals surface area contributed by atoms with Gasteiger partial charge in [-0.1, -0.05) is 12.1 Å². The molecule has 2 heterocycles. The molecule has 0 spiro atoms. The molecule has 140 valence electrons. The molecule has 1 aromatic carbocycles. The van der Waals surface area contributed by atoms with Gasteiger partial charge in [-0.2, -0.15) is 5.10 Å². The summed E-state index contributed by atoms with van der Waals surface area (Å²) in [6, 6.07) is 6.84. The maximum absolute atomic E-state index is 13.0. The van der Waals surface area contributed by atoms with E-state index in [1.165, 1.54) is 4.90 Å². The highest BCUT2D eigenvalue weighted by Crippen LogP contribution is 2.25. The number of aromatic nitrogens is 2. The van der Waals surface area contributed by atoms with Crippen LogP contribution in [-0.4, -0.2) is 64.8 Å². The first-order chi connectivity index (χ1) is 12.3. The Morgan fingerprint density at radius 3 is 2.77 bits per heavy atom. The predicted octanol–water partition coefficient (Wildman–Crippen LogP) is 1.02. The summed E-state index contributed by atoms with van der Waals surface area (Å²) in [5.41, 5.74) is 3.29. The highest BCUT2D eigenvalue weighted by molar-refractivity contribution is 7.91. The molecule has 1 aromatic heterocycles. The van der Waals surface area contributed by atoms with Crippen LogP contribution < -0.4 is 0 Å². The lowest BCUT2D eigenvalue weighted by Gasteiger charge is -2.27. The van der Waals surface area contributed by atoms with Crippen LogP contribution in [0.4, 0.5) is 0 Å². The van der Waals surface area contributed by atoms with Crippen LogP contribution in [0.2, 0.25) is 0 Å². The zero-order valence-corrected chi connectivity index (χ0v) is 15.7. The first-order valence-electron chi connectivity index (χ1n) is 8.53. The molecule has 3 rings (SSSR count). The summed E-state index contributed by atoms with van der Waals surface area (Å²) >= 11 is 0. The van der Waals surface area contributed by atoms with Gasteiger partial charge in [-0.25, -0.2) is 8.42 Å². The Balaban J connectivity index is 1.90. The molecule has 0 radical (unpaired) electrons. The van der Waals surface area contributed by atoms with Crippen LogP contribution in [0.1, 0.15) is 22.5 Å². The van der Waals surface area contributed by atoms with Gasteiger partial charge in [0.2, 0.25) is 0 Å². The van der Waals surface area contributed by atoms with Gasteiger partial charge in [0.1, 0.15) is 0 Å². The average Bonchev–Trinajstić information content (AvgIpc) is 3.14. The van der Waals surface area contributed by atoms with Crippen LogP contribution in [-0.2, 0) is 16.9 Å². The molecule has 26 heavy (non-hydrogen) atoms. The van der Waals surface area contributed by atoms with Crippen LogP contribution >= 0.6 is 0 Å². The van der Waals surface area contributed by atoms with Crippen LogP contribution in [0.5, 0.6) is 0 Å². The zero-order valence-electron chi connectivity index (χ0n) is 14.9. The van der Waals surface area contributed by atoms with Gasteiger partial charge >= 0.3 is 0 Å². The van der Waals surface area contributed by atoms with Gasteiger partial charge in [-0.15, -0.1) is 0 Å². The predicted molar refractivity (Wildman–Crippen MR) is 98.6 cm³/mol. The molecule has 2 aromatic rings. The molecule has 7 nitrogen and oxygen atoms in total. The van der Waals surface area contributed by atoms with Crippen LogP contribution in [0.3, 0.4) is 0 Å². The van der Waals surface area contributed by atoms with Crippen molar-refractivity contribution in [3.8, 4) is 11.1 Å². The van der Waals surface area contributed by atoms with Crippen molar-refractivity contribution in [1.29, 1.82) is 0 Å². The number of benzene rings is 1. The number of hydrogen-bond acceptors (Lipinski definition) is 5. The van der Waals surface area contributed by atoms with Crippen molar-refractivity contribution < 1.29 is 18.3 Å².